The number of carbonyl (C=O) groups excluding carboxylic acids is 6. The molecule has 2 aliphatic heterocycles. The molecule has 6 aromatic rings. The number of hydrogen-bond acceptors (Lipinski definition) is 8. The molecular weight excluding hydrogens is 1030 g/mol. The SMILES string of the molecule is C.C.COc1ccc(Br)c(C(=O)N2CCN(C(=O)CNC(=O)c3ccc(-c4ccccc4)cc3)CC2)c1.O=C(NCC(=O)N1CCN(C(=O)c2cc(O)ccc2Br)CC1)c1ccc(-c2ccccc2)cc1. The molecule has 0 radical (unpaired) electrons. The Labute approximate surface area is 431 Å². The average Bonchev–Trinajstić information content (AvgIpc) is 3.40. The van der Waals surface area contributed by atoms with Gasteiger partial charge in [0.25, 0.3) is 23.6 Å². The molecule has 3 N–H and O–H groups in total. The van der Waals surface area contributed by atoms with Crippen molar-refractivity contribution in [1.29, 1.82) is 0 Å². The lowest BCUT2D eigenvalue weighted by Gasteiger charge is -2.35. The summed E-state index contributed by atoms with van der Waals surface area (Å²) in [5.41, 5.74) is 6.06. The van der Waals surface area contributed by atoms with Crippen LogP contribution in [-0.4, -0.2) is 133 Å². The summed E-state index contributed by atoms with van der Waals surface area (Å²) < 4.78 is 6.52. The highest BCUT2D eigenvalue weighted by Crippen LogP contribution is 2.26. The molecule has 2 saturated heterocycles. The van der Waals surface area contributed by atoms with E-state index in [4.69, 9.17) is 4.74 Å². The first-order valence-electron chi connectivity index (χ1n) is 22.2. The number of phenols is 1. The topological polar surface area (TPSA) is 169 Å². The second kappa shape index (κ2) is 26.1. The molecule has 6 aromatic carbocycles. The van der Waals surface area contributed by atoms with Crippen LogP contribution in [0.15, 0.2) is 155 Å². The van der Waals surface area contributed by atoms with E-state index in [2.05, 4.69) is 42.5 Å². The minimum atomic E-state index is -0.310. The van der Waals surface area contributed by atoms with Gasteiger partial charge in [-0.25, -0.2) is 0 Å². The Bertz CT molecular complexity index is 2780. The van der Waals surface area contributed by atoms with Crippen LogP contribution in [0.25, 0.3) is 22.3 Å². The maximum Gasteiger partial charge on any atom is 0.255 e. The number of amides is 6. The molecule has 2 aliphatic rings. The number of rotatable bonds is 11. The van der Waals surface area contributed by atoms with E-state index in [1.54, 1.807) is 75.2 Å². The van der Waals surface area contributed by atoms with Crippen molar-refractivity contribution >= 4 is 67.3 Å². The van der Waals surface area contributed by atoms with Crippen molar-refractivity contribution in [3.63, 3.8) is 0 Å². The maximum absolute atomic E-state index is 12.9. The van der Waals surface area contributed by atoms with E-state index in [9.17, 15) is 33.9 Å². The highest BCUT2D eigenvalue weighted by molar-refractivity contribution is 9.10. The van der Waals surface area contributed by atoms with Crippen LogP contribution in [-0.2, 0) is 9.59 Å². The minimum Gasteiger partial charge on any atom is -0.508 e. The van der Waals surface area contributed by atoms with Crippen LogP contribution < -0.4 is 15.4 Å². The first-order valence-corrected chi connectivity index (χ1v) is 23.8. The highest BCUT2D eigenvalue weighted by atomic mass is 79.9. The summed E-state index contributed by atoms with van der Waals surface area (Å²) in [4.78, 5) is 82.6. The molecule has 2 fully saturated rings. The quantitative estimate of drug-likeness (QED) is 0.116. The average molecular weight is 1090 g/mol. The van der Waals surface area contributed by atoms with E-state index in [0.29, 0.717) is 89.3 Å². The summed E-state index contributed by atoms with van der Waals surface area (Å²) in [6.45, 7) is 2.97. The van der Waals surface area contributed by atoms with Gasteiger partial charge in [0, 0.05) is 72.4 Å². The number of piperazine rings is 2. The Morgan fingerprint density at radius 1 is 0.479 bits per heavy atom. The Hall–Kier alpha value is -7.30. The number of nitrogens with one attached hydrogen (secondary N) is 2. The lowest BCUT2D eigenvalue weighted by Crippen LogP contribution is -2.52. The number of phenolic OH excluding ortho intramolecular Hbond substituents is 1. The lowest BCUT2D eigenvalue weighted by molar-refractivity contribution is -0.132. The highest BCUT2D eigenvalue weighted by Gasteiger charge is 2.28. The minimum absolute atomic E-state index is 0. The first kappa shape index (κ1) is 54.6. The van der Waals surface area contributed by atoms with Gasteiger partial charge in [0.05, 0.1) is 31.3 Å². The van der Waals surface area contributed by atoms with Gasteiger partial charge >= 0.3 is 0 Å². The van der Waals surface area contributed by atoms with Crippen molar-refractivity contribution in [3.05, 3.63) is 177 Å². The van der Waals surface area contributed by atoms with Gasteiger partial charge in [-0.05, 0) is 115 Å². The zero-order valence-electron chi connectivity index (χ0n) is 37.8. The number of hydrogen-bond donors (Lipinski definition) is 3. The Morgan fingerprint density at radius 2 is 0.831 bits per heavy atom. The third-order valence-corrected chi connectivity index (χ3v) is 13.1. The molecule has 14 nitrogen and oxygen atoms in total. The molecule has 0 bridgehead atoms. The van der Waals surface area contributed by atoms with E-state index in [-0.39, 0.29) is 69.1 Å². The Balaban J connectivity index is 0.000000257. The van der Waals surface area contributed by atoms with Crippen molar-refractivity contribution in [2.24, 2.45) is 0 Å². The van der Waals surface area contributed by atoms with Gasteiger partial charge in [-0.3, -0.25) is 28.8 Å². The van der Waals surface area contributed by atoms with Crippen molar-refractivity contribution in [1.82, 2.24) is 30.2 Å². The summed E-state index contributed by atoms with van der Waals surface area (Å²) in [7, 11) is 1.56. The second-order valence-electron chi connectivity index (χ2n) is 16.1. The number of halogens is 2. The molecular formula is C55H58Br2N6O8. The first-order chi connectivity index (χ1) is 33.4. The molecule has 0 spiro atoms. The fourth-order valence-electron chi connectivity index (χ4n) is 7.76. The van der Waals surface area contributed by atoms with Crippen molar-refractivity contribution in [3.8, 4) is 33.8 Å². The summed E-state index contributed by atoms with van der Waals surface area (Å²) in [6.07, 6.45) is 0. The molecule has 16 heteroatoms. The number of methoxy groups -OCH3 is 1. The zero-order chi connectivity index (χ0) is 48.9. The Morgan fingerprint density at radius 3 is 1.23 bits per heavy atom. The number of aromatic hydroxyl groups is 1. The monoisotopic (exact) mass is 1090 g/mol. The fraction of sp³-hybridized carbons (Fsp3) is 0.236. The van der Waals surface area contributed by atoms with Crippen LogP contribution in [0.1, 0.15) is 56.3 Å². The number of benzene rings is 6. The van der Waals surface area contributed by atoms with Crippen LogP contribution in [0.2, 0.25) is 0 Å². The summed E-state index contributed by atoms with van der Waals surface area (Å²) in [6, 6.07) is 44.1. The predicted octanol–water partition coefficient (Wildman–Crippen LogP) is 8.65. The fourth-order valence-corrected chi connectivity index (χ4v) is 8.59. The van der Waals surface area contributed by atoms with Gasteiger partial charge in [-0.15, -0.1) is 0 Å². The van der Waals surface area contributed by atoms with E-state index < -0.39 is 0 Å². The van der Waals surface area contributed by atoms with Crippen molar-refractivity contribution in [2.45, 2.75) is 14.9 Å². The Kier molecular flexibility index (Phi) is 20.1. The molecule has 0 aromatic heterocycles. The predicted molar refractivity (Wildman–Crippen MR) is 283 cm³/mol. The molecule has 8 rings (SSSR count). The largest absolute Gasteiger partial charge is 0.508 e. The van der Waals surface area contributed by atoms with Crippen LogP contribution in [0.3, 0.4) is 0 Å². The van der Waals surface area contributed by atoms with E-state index in [1.165, 1.54) is 12.1 Å². The van der Waals surface area contributed by atoms with E-state index in [0.717, 1.165) is 22.3 Å². The number of nitrogens with zero attached hydrogens (tertiary/aromatic N) is 4. The van der Waals surface area contributed by atoms with Crippen molar-refractivity contribution < 1.29 is 38.6 Å². The summed E-state index contributed by atoms with van der Waals surface area (Å²) >= 11 is 6.76. The van der Waals surface area contributed by atoms with Crippen molar-refractivity contribution in [2.75, 3.05) is 72.6 Å². The van der Waals surface area contributed by atoms with Gasteiger partial charge in [0.1, 0.15) is 11.5 Å². The van der Waals surface area contributed by atoms with Crippen LogP contribution in [0, 0.1) is 0 Å². The molecule has 0 atom stereocenters. The molecule has 0 aliphatic carbocycles. The van der Waals surface area contributed by atoms with E-state index in [1.807, 2.05) is 84.9 Å². The standard InChI is InChI=1S/C27H26BrN3O4.C26H24BrN3O4.2CH4/c1-35-22-11-12-24(28)23(17-22)27(34)31-15-13-30(14-16-31)25(32)18-29-26(33)21-9-7-20(8-10-21)19-5-3-2-4-6-19;27-23-11-10-21(31)16-22(23)26(34)30-14-12-29(13-15-30)24(32)17-28-25(33)20-8-6-19(7-9-20)18-4-2-1-3-5-18;;/h2-12,17H,13-16,18H2,1H3,(H,29,33);1-11,16,31H,12-15,17H2,(H,28,33);2*1H4. The van der Waals surface area contributed by atoms with Gasteiger partial charge < -0.3 is 40.1 Å². The van der Waals surface area contributed by atoms with Crippen LogP contribution in [0.4, 0.5) is 0 Å². The van der Waals surface area contributed by atoms with Crippen LogP contribution >= 0.6 is 31.9 Å². The van der Waals surface area contributed by atoms with Gasteiger partial charge in [-0.1, -0.05) is 99.8 Å². The molecule has 6 amide bonds. The van der Waals surface area contributed by atoms with Crippen LogP contribution in [0.5, 0.6) is 11.5 Å². The number of carbonyl (C=O) groups is 6. The third kappa shape index (κ3) is 14.4. The number of ether oxygens (including phenoxy) is 1. The molecule has 0 saturated carbocycles. The molecule has 2 heterocycles. The van der Waals surface area contributed by atoms with Gasteiger partial charge in [0.15, 0.2) is 0 Å². The smallest absolute Gasteiger partial charge is 0.255 e. The molecule has 0 unspecified atom stereocenters. The normalized spacial score (nSPS) is 13.0. The molecule has 370 valence electrons. The molecule has 71 heavy (non-hydrogen) atoms. The van der Waals surface area contributed by atoms with Gasteiger partial charge in [0.2, 0.25) is 11.8 Å². The lowest BCUT2D eigenvalue weighted by atomic mass is 10.0. The van der Waals surface area contributed by atoms with E-state index >= 15 is 0 Å². The third-order valence-electron chi connectivity index (χ3n) is 11.7. The summed E-state index contributed by atoms with van der Waals surface area (Å²) in [5.74, 6) is -0.669. The second-order valence-corrected chi connectivity index (χ2v) is 17.8. The maximum atomic E-state index is 12.9. The van der Waals surface area contributed by atoms with Gasteiger partial charge in [-0.2, -0.15) is 0 Å². The zero-order valence-corrected chi connectivity index (χ0v) is 40.9. The summed E-state index contributed by atoms with van der Waals surface area (Å²) in [5, 5.41) is 15.1.